The molecule has 1 aliphatic rings. The van der Waals surface area contributed by atoms with Crippen molar-refractivity contribution < 1.29 is 9.18 Å². The number of anilines is 2. The molecule has 0 aliphatic carbocycles. The predicted octanol–water partition coefficient (Wildman–Crippen LogP) is 4.80. The topological polar surface area (TPSA) is 61.4 Å². The number of para-hydroxylation sites is 1. The van der Waals surface area contributed by atoms with E-state index < -0.39 is 0 Å². The molecule has 1 aliphatic heterocycles. The highest BCUT2D eigenvalue weighted by Crippen LogP contribution is 2.26. The lowest BCUT2D eigenvalue weighted by Crippen LogP contribution is -2.58. The molecular weight excluding hydrogens is 405 g/mol. The summed E-state index contributed by atoms with van der Waals surface area (Å²) in [6.07, 6.45) is 0. The molecule has 156 valence electrons. The summed E-state index contributed by atoms with van der Waals surface area (Å²) in [6, 6.07) is 13.2. The molecule has 0 spiro atoms. The lowest BCUT2D eigenvalue weighted by Gasteiger charge is -2.43. The summed E-state index contributed by atoms with van der Waals surface area (Å²) in [5.74, 6) is 0.389. The Kier molecular flexibility index (Phi) is 5.72. The molecule has 2 heterocycles. The molecule has 1 aromatic heterocycles. The molecule has 0 radical (unpaired) electrons. The van der Waals surface area contributed by atoms with Gasteiger partial charge in [-0.05, 0) is 36.2 Å². The fraction of sp³-hybridized carbons (Fsp3) is 0.318. The third kappa shape index (κ3) is 4.16. The highest BCUT2D eigenvalue weighted by atomic mass is 35.5. The van der Waals surface area contributed by atoms with Gasteiger partial charge in [0.1, 0.15) is 11.0 Å². The van der Waals surface area contributed by atoms with E-state index in [-0.39, 0.29) is 23.8 Å². The minimum atomic E-state index is -0.386. The van der Waals surface area contributed by atoms with Gasteiger partial charge in [-0.2, -0.15) is 0 Å². The molecule has 0 saturated carbocycles. The molecule has 6 nitrogen and oxygen atoms in total. The van der Waals surface area contributed by atoms with Crippen LogP contribution in [-0.4, -0.2) is 46.6 Å². The number of fused-ring (bicyclic) bond motifs is 1. The van der Waals surface area contributed by atoms with Crippen LogP contribution in [0.5, 0.6) is 0 Å². The van der Waals surface area contributed by atoms with E-state index in [9.17, 15) is 9.18 Å². The van der Waals surface area contributed by atoms with E-state index in [2.05, 4.69) is 34.0 Å². The lowest BCUT2D eigenvalue weighted by atomic mass is 10.00. The van der Waals surface area contributed by atoms with Crippen LogP contribution in [0.3, 0.4) is 0 Å². The summed E-state index contributed by atoms with van der Waals surface area (Å²) in [7, 11) is 0. The maximum atomic E-state index is 13.5. The summed E-state index contributed by atoms with van der Waals surface area (Å²) in [6.45, 7) is 5.81. The van der Waals surface area contributed by atoms with E-state index in [1.807, 2.05) is 24.3 Å². The number of hydrogen-bond acceptors (Lipinski definition) is 4. The molecule has 1 N–H and O–H groups in total. The molecule has 3 aromatic rings. The van der Waals surface area contributed by atoms with Gasteiger partial charge in [0, 0.05) is 30.7 Å². The van der Waals surface area contributed by atoms with E-state index in [1.165, 1.54) is 12.1 Å². The van der Waals surface area contributed by atoms with Crippen molar-refractivity contribution in [2.75, 3.05) is 29.9 Å². The number of benzene rings is 2. The van der Waals surface area contributed by atoms with Crippen LogP contribution < -0.4 is 10.2 Å². The number of hydrogen-bond donors (Lipinski definition) is 1. The monoisotopic (exact) mass is 427 g/mol. The Balaban J connectivity index is 1.54. The Bertz CT molecular complexity index is 1080. The predicted molar refractivity (Wildman–Crippen MR) is 118 cm³/mol. The molecule has 8 heteroatoms. The third-order valence-electron chi connectivity index (χ3n) is 5.35. The van der Waals surface area contributed by atoms with Gasteiger partial charge in [-0.25, -0.2) is 19.2 Å². The molecule has 1 atom stereocenters. The van der Waals surface area contributed by atoms with Crippen molar-refractivity contribution in [1.82, 2.24) is 14.9 Å². The van der Waals surface area contributed by atoms with Crippen LogP contribution in [0.25, 0.3) is 10.9 Å². The van der Waals surface area contributed by atoms with Gasteiger partial charge in [0.25, 0.3) is 0 Å². The zero-order valence-electron chi connectivity index (χ0n) is 16.8. The summed E-state index contributed by atoms with van der Waals surface area (Å²) in [5, 5.41) is 4.04. The summed E-state index contributed by atoms with van der Waals surface area (Å²) < 4.78 is 13.5. The smallest absolute Gasteiger partial charge is 0.322 e. The minimum Gasteiger partial charge on any atom is -0.337 e. The Morgan fingerprint density at radius 3 is 2.73 bits per heavy atom. The van der Waals surface area contributed by atoms with Gasteiger partial charge in [-0.15, -0.1) is 0 Å². The number of carbonyl (C=O) groups is 1. The average molecular weight is 428 g/mol. The first-order chi connectivity index (χ1) is 14.4. The summed E-state index contributed by atoms with van der Waals surface area (Å²) in [5.41, 5.74) is 1.23. The standard InChI is InChI=1S/C22H23ClFN5O/c1-14(2)19-13-28(21-26-18-9-4-3-8-17(18)20(23)27-21)10-11-29(19)22(30)25-16-7-5-6-15(24)12-16/h3-9,12,14,19H,10-11,13H2,1-2H3,(H,25,30). The van der Waals surface area contributed by atoms with Gasteiger partial charge in [0.2, 0.25) is 5.95 Å². The van der Waals surface area contributed by atoms with Crippen molar-refractivity contribution in [3.05, 3.63) is 59.5 Å². The van der Waals surface area contributed by atoms with Crippen LogP contribution in [0.2, 0.25) is 5.15 Å². The van der Waals surface area contributed by atoms with Crippen molar-refractivity contribution in [2.24, 2.45) is 5.92 Å². The first-order valence-corrected chi connectivity index (χ1v) is 10.3. The van der Waals surface area contributed by atoms with Crippen molar-refractivity contribution in [3.63, 3.8) is 0 Å². The third-order valence-corrected chi connectivity index (χ3v) is 5.64. The molecular formula is C22H23ClFN5O. The maximum Gasteiger partial charge on any atom is 0.322 e. The van der Waals surface area contributed by atoms with E-state index in [1.54, 1.807) is 17.0 Å². The average Bonchev–Trinajstić information content (AvgIpc) is 2.73. The molecule has 2 aromatic carbocycles. The first kappa shape index (κ1) is 20.3. The lowest BCUT2D eigenvalue weighted by molar-refractivity contribution is 0.156. The van der Waals surface area contributed by atoms with E-state index >= 15 is 0 Å². The van der Waals surface area contributed by atoms with Gasteiger partial charge in [0.15, 0.2) is 0 Å². The molecule has 4 rings (SSSR count). The second-order valence-electron chi connectivity index (χ2n) is 7.72. The number of rotatable bonds is 3. The van der Waals surface area contributed by atoms with Crippen molar-refractivity contribution in [3.8, 4) is 0 Å². The number of carbonyl (C=O) groups excluding carboxylic acids is 1. The minimum absolute atomic E-state index is 0.0545. The zero-order valence-corrected chi connectivity index (χ0v) is 17.6. The highest BCUT2D eigenvalue weighted by molar-refractivity contribution is 6.34. The number of nitrogens with one attached hydrogen (secondary N) is 1. The van der Waals surface area contributed by atoms with E-state index in [0.717, 1.165) is 10.9 Å². The Morgan fingerprint density at radius 2 is 1.97 bits per heavy atom. The van der Waals surface area contributed by atoms with Crippen LogP contribution in [0.15, 0.2) is 48.5 Å². The number of nitrogens with zero attached hydrogens (tertiary/aromatic N) is 4. The molecule has 2 amide bonds. The quantitative estimate of drug-likeness (QED) is 0.610. The van der Waals surface area contributed by atoms with E-state index in [0.29, 0.717) is 36.4 Å². The normalized spacial score (nSPS) is 16.9. The first-order valence-electron chi connectivity index (χ1n) is 9.93. The Morgan fingerprint density at radius 1 is 1.17 bits per heavy atom. The molecule has 1 saturated heterocycles. The second-order valence-corrected chi connectivity index (χ2v) is 8.08. The summed E-state index contributed by atoms with van der Waals surface area (Å²) in [4.78, 5) is 25.9. The number of piperazine rings is 1. The van der Waals surface area contributed by atoms with Crippen LogP contribution in [0, 0.1) is 11.7 Å². The van der Waals surface area contributed by atoms with Gasteiger partial charge in [0.05, 0.1) is 11.6 Å². The molecule has 1 fully saturated rings. The number of amides is 2. The fourth-order valence-corrected chi connectivity index (χ4v) is 3.98. The number of halogens is 2. The van der Waals surface area contributed by atoms with Crippen molar-refractivity contribution in [2.45, 2.75) is 19.9 Å². The number of urea groups is 1. The van der Waals surface area contributed by atoms with Gasteiger partial charge in [-0.1, -0.05) is 43.6 Å². The van der Waals surface area contributed by atoms with Gasteiger partial charge >= 0.3 is 6.03 Å². The van der Waals surface area contributed by atoms with E-state index in [4.69, 9.17) is 11.6 Å². The Labute approximate surface area is 179 Å². The van der Waals surface area contributed by atoms with Gasteiger partial charge in [-0.3, -0.25) is 0 Å². The van der Waals surface area contributed by atoms with Crippen LogP contribution in [0.4, 0.5) is 20.8 Å². The van der Waals surface area contributed by atoms with Crippen LogP contribution in [0.1, 0.15) is 13.8 Å². The zero-order chi connectivity index (χ0) is 21.3. The largest absolute Gasteiger partial charge is 0.337 e. The Hall–Kier alpha value is -2.93. The molecule has 30 heavy (non-hydrogen) atoms. The highest BCUT2D eigenvalue weighted by Gasteiger charge is 2.33. The molecule has 1 unspecified atom stereocenters. The maximum absolute atomic E-state index is 13.5. The SMILES string of the molecule is CC(C)C1CN(c2nc(Cl)c3ccccc3n2)CCN1C(=O)Nc1cccc(F)c1. The fourth-order valence-electron chi connectivity index (χ4n) is 3.74. The van der Waals surface area contributed by atoms with Gasteiger partial charge < -0.3 is 15.1 Å². The second kappa shape index (κ2) is 8.44. The van der Waals surface area contributed by atoms with Crippen molar-refractivity contribution >= 4 is 40.2 Å². The number of aromatic nitrogens is 2. The van der Waals surface area contributed by atoms with Crippen LogP contribution >= 0.6 is 11.6 Å². The van der Waals surface area contributed by atoms with Crippen LogP contribution in [-0.2, 0) is 0 Å². The molecule has 0 bridgehead atoms. The summed E-state index contributed by atoms with van der Waals surface area (Å²) >= 11 is 6.38. The van der Waals surface area contributed by atoms with Crippen molar-refractivity contribution in [1.29, 1.82) is 0 Å².